The lowest BCUT2D eigenvalue weighted by molar-refractivity contribution is 0.218. The summed E-state index contributed by atoms with van der Waals surface area (Å²) in [7, 11) is 0. The number of rotatable bonds is 3. The Labute approximate surface area is 141 Å². The van der Waals surface area contributed by atoms with Gasteiger partial charge in [-0.15, -0.1) is 0 Å². The number of benzene rings is 2. The number of hydrogen-bond donors (Lipinski definition) is 1. The fraction of sp³-hybridized carbons (Fsp3) is 0.211. The van der Waals surface area contributed by atoms with E-state index in [0.717, 1.165) is 27.9 Å². The summed E-state index contributed by atoms with van der Waals surface area (Å²) >= 11 is 6.18. The highest BCUT2D eigenvalue weighted by Crippen LogP contribution is 2.33. The van der Waals surface area contributed by atoms with Gasteiger partial charge < -0.3 is 9.67 Å². The van der Waals surface area contributed by atoms with Crippen molar-refractivity contribution in [3.8, 4) is 5.69 Å². The average Bonchev–Trinajstić information content (AvgIpc) is 3.00. The summed E-state index contributed by atoms with van der Waals surface area (Å²) in [5.74, 6) is 0. The molecular formula is C19H19ClN2O. The maximum absolute atomic E-state index is 11.1. The van der Waals surface area contributed by atoms with Gasteiger partial charge in [-0.1, -0.05) is 29.3 Å². The number of imidazole rings is 1. The SMILES string of the molecule is Cc1cc(C)c(C(O)c2cc(Cl)ccc2-n2ccnc2)c(C)c1. The molecule has 1 aromatic heterocycles. The first-order chi connectivity index (χ1) is 11.0. The Balaban J connectivity index is 2.17. The van der Waals surface area contributed by atoms with E-state index in [9.17, 15) is 5.11 Å². The van der Waals surface area contributed by atoms with Gasteiger partial charge in [0.25, 0.3) is 0 Å². The zero-order valence-electron chi connectivity index (χ0n) is 13.4. The van der Waals surface area contributed by atoms with Gasteiger partial charge in [-0.05, 0) is 55.7 Å². The molecule has 0 radical (unpaired) electrons. The van der Waals surface area contributed by atoms with Gasteiger partial charge in [-0.25, -0.2) is 4.98 Å². The van der Waals surface area contributed by atoms with E-state index in [2.05, 4.69) is 24.0 Å². The zero-order valence-corrected chi connectivity index (χ0v) is 14.2. The van der Waals surface area contributed by atoms with Crippen molar-refractivity contribution in [3.63, 3.8) is 0 Å². The monoisotopic (exact) mass is 326 g/mol. The predicted octanol–water partition coefficient (Wildman–Crippen LogP) is 4.53. The van der Waals surface area contributed by atoms with Gasteiger partial charge in [0, 0.05) is 23.0 Å². The molecule has 0 saturated carbocycles. The van der Waals surface area contributed by atoms with Crippen molar-refractivity contribution >= 4 is 11.6 Å². The molecule has 3 aromatic rings. The maximum atomic E-state index is 11.1. The standard InChI is InChI=1S/C19H19ClN2O/c1-12-8-13(2)18(14(3)9-12)19(23)16-10-15(20)4-5-17(16)22-7-6-21-11-22/h4-11,19,23H,1-3H3. The summed E-state index contributed by atoms with van der Waals surface area (Å²) in [6, 6.07) is 9.73. The normalized spacial score (nSPS) is 12.4. The molecule has 23 heavy (non-hydrogen) atoms. The van der Waals surface area contributed by atoms with Crippen molar-refractivity contribution in [2.75, 3.05) is 0 Å². The zero-order chi connectivity index (χ0) is 16.6. The Morgan fingerprint density at radius 2 is 1.78 bits per heavy atom. The molecule has 0 saturated heterocycles. The van der Waals surface area contributed by atoms with Gasteiger partial charge in [0.2, 0.25) is 0 Å². The highest BCUT2D eigenvalue weighted by molar-refractivity contribution is 6.30. The number of aliphatic hydroxyl groups excluding tert-OH is 1. The van der Waals surface area contributed by atoms with E-state index in [1.165, 1.54) is 5.56 Å². The topological polar surface area (TPSA) is 38.0 Å². The molecule has 118 valence electrons. The second-order valence-electron chi connectivity index (χ2n) is 5.89. The van der Waals surface area contributed by atoms with E-state index in [4.69, 9.17) is 11.6 Å². The minimum atomic E-state index is -0.744. The van der Waals surface area contributed by atoms with Crippen LogP contribution < -0.4 is 0 Å². The Kier molecular flexibility index (Phi) is 4.24. The first-order valence-corrected chi connectivity index (χ1v) is 7.88. The van der Waals surface area contributed by atoms with Crippen LogP contribution in [0.2, 0.25) is 5.02 Å². The van der Waals surface area contributed by atoms with E-state index >= 15 is 0 Å². The summed E-state index contributed by atoms with van der Waals surface area (Å²) in [6.07, 6.45) is 4.54. The van der Waals surface area contributed by atoms with Gasteiger partial charge in [-0.2, -0.15) is 0 Å². The van der Waals surface area contributed by atoms with Crippen molar-refractivity contribution in [3.05, 3.63) is 81.9 Å². The maximum Gasteiger partial charge on any atom is 0.107 e. The van der Waals surface area contributed by atoms with Crippen LogP contribution in [0.4, 0.5) is 0 Å². The fourth-order valence-corrected chi connectivity index (χ4v) is 3.34. The van der Waals surface area contributed by atoms with Crippen LogP contribution in [0.15, 0.2) is 49.1 Å². The van der Waals surface area contributed by atoms with Crippen molar-refractivity contribution in [2.24, 2.45) is 0 Å². The molecule has 0 fully saturated rings. The minimum Gasteiger partial charge on any atom is -0.384 e. The average molecular weight is 327 g/mol. The molecule has 3 nitrogen and oxygen atoms in total. The number of aromatic nitrogens is 2. The van der Waals surface area contributed by atoms with Crippen LogP contribution in [0, 0.1) is 20.8 Å². The van der Waals surface area contributed by atoms with Crippen LogP contribution in [0.1, 0.15) is 33.9 Å². The summed E-state index contributed by atoms with van der Waals surface area (Å²) in [6.45, 7) is 6.12. The van der Waals surface area contributed by atoms with Crippen molar-refractivity contribution in [2.45, 2.75) is 26.9 Å². The van der Waals surface area contributed by atoms with E-state index in [0.29, 0.717) is 5.02 Å². The molecule has 1 unspecified atom stereocenters. The Bertz CT molecular complexity index is 818. The highest BCUT2D eigenvalue weighted by atomic mass is 35.5. The molecule has 0 bridgehead atoms. The second kappa shape index (κ2) is 6.19. The van der Waals surface area contributed by atoms with Crippen LogP contribution in [-0.2, 0) is 0 Å². The first-order valence-electron chi connectivity index (χ1n) is 7.51. The van der Waals surface area contributed by atoms with E-state index in [-0.39, 0.29) is 0 Å². The third kappa shape index (κ3) is 3.03. The van der Waals surface area contributed by atoms with E-state index in [1.807, 2.05) is 42.8 Å². The summed E-state index contributed by atoms with van der Waals surface area (Å²) in [5, 5.41) is 11.7. The molecule has 1 atom stereocenters. The van der Waals surface area contributed by atoms with Gasteiger partial charge in [-0.3, -0.25) is 0 Å². The van der Waals surface area contributed by atoms with Crippen LogP contribution >= 0.6 is 11.6 Å². The fourth-order valence-electron chi connectivity index (χ4n) is 3.16. The molecular weight excluding hydrogens is 308 g/mol. The lowest BCUT2D eigenvalue weighted by Gasteiger charge is -2.21. The van der Waals surface area contributed by atoms with Gasteiger partial charge in [0.1, 0.15) is 6.10 Å². The molecule has 0 amide bonds. The van der Waals surface area contributed by atoms with E-state index < -0.39 is 6.10 Å². The quantitative estimate of drug-likeness (QED) is 0.767. The first kappa shape index (κ1) is 15.8. The van der Waals surface area contributed by atoms with Crippen LogP contribution in [0.3, 0.4) is 0 Å². The minimum absolute atomic E-state index is 0.602. The second-order valence-corrected chi connectivity index (χ2v) is 6.32. The molecule has 0 aliphatic heterocycles. The lowest BCUT2D eigenvalue weighted by Crippen LogP contribution is -2.09. The van der Waals surface area contributed by atoms with Gasteiger partial charge in [0.05, 0.1) is 12.0 Å². The summed E-state index contributed by atoms with van der Waals surface area (Å²) in [4.78, 5) is 4.09. The van der Waals surface area contributed by atoms with Crippen LogP contribution in [0.5, 0.6) is 0 Å². The number of aliphatic hydroxyl groups is 1. The molecule has 1 heterocycles. The number of aryl methyl sites for hydroxylation is 3. The van der Waals surface area contributed by atoms with Gasteiger partial charge >= 0.3 is 0 Å². The molecule has 0 spiro atoms. The number of halogens is 1. The molecule has 0 aliphatic rings. The van der Waals surface area contributed by atoms with Crippen molar-refractivity contribution in [1.29, 1.82) is 0 Å². The lowest BCUT2D eigenvalue weighted by atomic mass is 9.91. The Morgan fingerprint density at radius 3 is 2.39 bits per heavy atom. The Hall–Kier alpha value is -2.10. The van der Waals surface area contributed by atoms with Crippen molar-refractivity contribution in [1.82, 2.24) is 9.55 Å². The third-order valence-electron chi connectivity index (χ3n) is 4.08. The van der Waals surface area contributed by atoms with Crippen molar-refractivity contribution < 1.29 is 5.11 Å². The summed E-state index contributed by atoms with van der Waals surface area (Å²) < 4.78 is 1.88. The summed E-state index contributed by atoms with van der Waals surface area (Å²) in [5.41, 5.74) is 5.92. The largest absolute Gasteiger partial charge is 0.384 e. The van der Waals surface area contributed by atoms with E-state index in [1.54, 1.807) is 12.5 Å². The number of nitrogens with zero attached hydrogens (tertiary/aromatic N) is 2. The smallest absolute Gasteiger partial charge is 0.107 e. The predicted molar refractivity (Wildman–Crippen MR) is 93.3 cm³/mol. The van der Waals surface area contributed by atoms with Gasteiger partial charge in [0.15, 0.2) is 0 Å². The van der Waals surface area contributed by atoms with Crippen LogP contribution in [0.25, 0.3) is 5.69 Å². The molecule has 0 aliphatic carbocycles. The molecule has 4 heteroatoms. The molecule has 2 aromatic carbocycles. The third-order valence-corrected chi connectivity index (χ3v) is 4.31. The Morgan fingerprint density at radius 1 is 1.09 bits per heavy atom. The number of hydrogen-bond acceptors (Lipinski definition) is 2. The molecule has 1 N–H and O–H groups in total. The van der Waals surface area contributed by atoms with Crippen LogP contribution in [-0.4, -0.2) is 14.7 Å². The highest BCUT2D eigenvalue weighted by Gasteiger charge is 2.20. The molecule has 3 rings (SSSR count).